The average molecular weight is 231 g/mol. The third-order valence-corrected chi connectivity index (χ3v) is 4.02. The third kappa shape index (κ3) is 2.50. The van der Waals surface area contributed by atoms with E-state index in [2.05, 4.69) is 44.0 Å². The van der Waals surface area contributed by atoms with Gasteiger partial charge in [-0.1, -0.05) is 25.1 Å². The zero-order chi connectivity index (χ0) is 11.5. The number of hydrogen-bond donors (Lipinski definition) is 0. The topological polar surface area (TPSA) is 12.9 Å². The second-order valence-corrected chi connectivity index (χ2v) is 5.37. The Labute approximate surface area is 101 Å². The van der Waals surface area contributed by atoms with E-state index in [-0.39, 0.29) is 0 Å². The van der Waals surface area contributed by atoms with Crippen LogP contribution in [-0.4, -0.2) is 4.98 Å². The van der Waals surface area contributed by atoms with Crippen molar-refractivity contribution in [2.45, 2.75) is 33.6 Å². The van der Waals surface area contributed by atoms with Crippen molar-refractivity contribution < 1.29 is 0 Å². The van der Waals surface area contributed by atoms with E-state index in [1.165, 1.54) is 26.6 Å². The maximum Gasteiger partial charge on any atom is 0.0971 e. The standard InChI is InChI=1S/C14H17NS/c1-4-13-9-15-14(16-13)8-12-6-5-10(2)11(3)7-12/h5-7,9H,4,8H2,1-3H3. The van der Waals surface area contributed by atoms with Gasteiger partial charge in [-0.25, -0.2) is 4.98 Å². The van der Waals surface area contributed by atoms with Gasteiger partial charge in [0, 0.05) is 17.5 Å². The highest BCUT2D eigenvalue weighted by molar-refractivity contribution is 7.11. The summed E-state index contributed by atoms with van der Waals surface area (Å²) in [7, 11) is 0. The van der Waals surface area contributed by atoms with Gasteiger partial charge in [-0.15, -0.1) is 11.3 Å². The molecule has 0 saturated carbocycles. The molecule has 0 aliphatic heterocycles. The van der Waals surface area contributed by atoms with Gasteiger partial charge in [0.05, 0.1) is 5.01 Å². The van der Waals surface area contributed by atoms with E-state index in [1.807, 2.05) is 17.5 Å². The first kappa shape index (κ1) is 11.3. The molecule has 0 fully saturated rings. The van der Waals surface area contributed by atoms with Crippen molar-refractivity contribution in [2.75, 3.05) is 0 Å². The van der Waals surface area contributed by atoms with Gasteiger partial charge in [0.25, 0.3) is 0 Å². The van der Waals surface area contributed by atoms with Gasteiger partial charge in [0.1, 0.15) is 0 Å². The van der Waals surface area contributed by atoms with Crippen LogP contribution in [0.2, 0.25) is 0 Å². The van der Waals surface area contributed by atoms with Crippen LogP contribution in [0.25, 0.3) is 0 Å². The number of rotatable bonds is 3. The first-order valence-corrected chi connectivity index (χ1v) is 6.50. The Kier molecular flexibility index (Phi) is 3.39. The maximum absolute atomic E-state index is 4.45. The molecule has 1 aromatic carbocycles. The molecule has 0 aliphatic rings. The van der Waals surface area contributed by atoms with E-state index in [4.69, 9.17) is 0 Å². The summed E-state index contributed by atoms with van der Waals surface area (Å²) in [6, 6.07) is 6.66. The van der Waals surface area contributed by atoms with Crippen LogP contribution in [-0.2, 0) is 12.8 Å². The number of aryl methyl sites for hydroxylation is 3. The summed E-state index contributed by atoms with van der Waals surface area (Å²) in [4.78, 5) is 5.83. The lowest BCUT2D eigenvalue weighted by molar-refractivity contribution is 1.11. The highest BCUT2D eigenvalue weighted by atomic mass is 32.1. The minimum Gasteiger partial charge on any atom is -0.249 e. The van der Waals surface area contributed by atoms with Gasteiger partial charge in [-0.05, 0) is 37.0 Å². The molecule has 2 rings (SSSR count). The van der Waals surface area contributed by atoms with Gasteiger partial charge in [-0.3, -0.25) is 0 Å². The molecular weight excluding hydrogens is 214 g/mol. The Morgan fingerprint density at radius 3 is 2.62 bits per heavy atom. The van der Waals surface area contributed by atoms with Crippen LogP contribution in [0.5, 0.6) is 0 Å². The minimum absolute atomic E-state index is 0.964. The molecule has 0 saturated heterocycles. The highest BCUT2D eigenvalue weighted by Gasteiger charge is 2.03. The lowest BCUT2D eigenvalue weighted by Crippen LogP contribution is -1.89. The van der Waals surface area contributed by atoms with Gasteiger partial charge < -0.3 is 0 Å². The number of thiazole rings is 1. The van der Waals surface area contributed by atoms with Crippen LogP contribution in [0, 0.1) is 13.8 Å². The van der Waals surface area contributed by atoms with Gasteiger partial charge in [0.2, 0.25) is 0 Å². The minimum atomic E-state index is 0.964. The predicted octanol–water partition coefficient (Wildman–Crippen LogP) is 3.91. The Morgan fingerprint density at radius 2 is 2.00 bits per heavy atom. The third-order valence-electron chi connectivity index (χ3n) is 2.88. The molecule has 0 atom stereocenters. The van der Waals surface area contributed by atoms with Crippen molar-refractivity contribution >= 4 is 11.3 Å². The van der Waals surface area contributed by atoms with Crippen LogP contribution in [0.4, 0.5) is 0 Å². The highest BCUT2D eigenvalue weighted by Crippen LogP contribution is 2.18. The SMILES string of the molecule is CCc1cnc(Cc2ccc(C)c(C)c2)s1. The Balaban J connectivity index is 2.17. The smallest absolute Gasteiger partial charge is 0.0971 e. The lowest BCUT2D eigenvalue weighted by atomic mass is 10.0. The van der Waals surface area contributed by atoms with Crippen molar-refractivity contribution in [3.05, 3.63) is 51.0 Å². The van der Waals surface area contributed by atoms with Crippen molar-refractivity contribution in [2.24, 2.45) is 0 Å². The lowest BCUT2D eigenvalue weighted by Gasteiger charge is -2.03. The molecule has 0 N–H and O–H groups in total. The molecular formula is C14H17NS. The van der Waals surface area contributed by atoms with Crippen LogP contribution in [0.15, 0.2) is 24.4 Å². The van der Waals surface area contributed by atoms with E-state index in [9.17, 15) is 0 Å². The molecule has 1 heterocycles. The van der Waals surface area contributed by atoms with Gasteiger partial charge in [0.15, 0.2) is 0 Å². The van der Waals surface area contributed by atoms with Crippen LogP contribution in [0.1, 0.15) is 33.5 Å². The molecule has 84 valence electrons. The summed E-state index contributed by atoms with van der Waals surface area (Å²) in [6.07, 6.45) is 4.05. The number of aromatic nitrogens is 1. The number of hydrogen-bond acceptors (Lipinski definition) is 2. The number of benzene rings is 1. The van der Waals surface area contributed by atoms with E-state index in [0.717, 1.165) is 12.8 Å². The molecule has 1 nitrogen and oxygen atoms in total. The van der Waals surface area contributed by atoms with Gasteiger partial charge >= 0.3 is 0 Å². The van der Waals surface area contributed by atoms with Gasteiger partial charge in [-0.2, -0.15) is 0 Å². The average Bonchev–Trinajstić information content (AvgIpc) is 2.71. The fourth-order valence-electron chi connectivity index (χ4n) is 1.68. The number of nitrogens with zero attached hydrogens (tertiary/aromatic N) is 1. The van der Waals surface area contributed by atoms with E-state index >= 15 is 0 Å². The molecule has 1 aromatic heterocycles. The largest absolute Gasteiger partial charge is 0.249 e. The molecule has 2 aromatic rings. The summed E-state index contributed by atoms with van der Waals surface area (Å²) in [6.45, 7) is 6.49. The molecule has 16 heavy (non-hydrogen) atoms. The summed E-state index contributed by atoms with van der Waals surface area (Å²) in [5.41, 5.74) is 4.09. The zero-order valence-corrected chi connectivity index (χ0v) is 10.9. The molecule has 0 aliphatic carbocycles. The Morgan fingerprint density at radius 1 is 1.19 bits per heavy atom. The monoisotopic (exact) mass is 231 g/mol. The molecule has 0 radical (unpaired) electrons. The fraction of sp³-hybridized carbons (Fsp3) is 0.357. The van der Waals surface area contributed by atoms with Crippen LogP contribution < -0.4 is 0 Å². The first-order valence-electron chi connectivity index (χ1n) is 5.68. The summed E-state index contributed by atoms with van der Waals surface area (Å²) >= 11 is 1.83. The van der Waals surface area contributed by atoms with E-state index in [0.29, 0.717) is 0 Å². The maximum atomic E-state index is 4.45. The van der Waals surface area contributed by atoms with Crippen LogP contribution >= 0.6 is 11.3 Å². The molecule has 0 unspecified atom stereocenters. The molecule has 2 heteroatoms. The molecule has 0 bridgehead atoms. The summed E-state index contributed by atoms with van der Waals surface area (Å²) < 4.78 is 0. The zero-order valence-electron chi connectivity index (χ0n) is 10.1. The first-order chi connectivity index (χ1) is 7.69. The van der Waals surface area contributed by atoms with E-state index < -0.39 is 0 Å². The molecule has 0 amide bonds. The quantitative estimate of drug-likeness (QED) is 0.780. The fourth-order valence-corrected chi connectivity index (χ4v) is 2.58. The summed E-state index contributed by atoms with van der Waals surface area (Å²) in [5, 5.41) is 1.22. The Hall–Kier alpha value is -1.15. The van der Waals surface area contributed by atoms with Crippen molar-refractivity contribution in [3.8, 4) is 0 Å². The Bertz CT molecular complexity index is 485. The summed E-state index contributed by atoms with van der Waals surface area (Å²) in [5.74, 6) is 0. The van der Waals surface area contributed by atoms with E-state index in [1.54, 1.807) is 0 Å². The van der Waals surface area contributed by atoms with Crippen molar-refractivity contribution in [3.63, 3.8) is 0 Å². The second-order valence-electron chi connectivity index (χ2n) is 4.17. The van der Waals surface area contributed by atoms with Crippen molar-refractivity contribution in [1.82, 2.24) is 4.98 Å². The van der Waals surface area contributed by atoms with Crippen LogP contribution in [0.3, 0.4) is 0 Å². The van der Waals surface area contributed by atoms with Crippen molar-refractivity contribution in [1.29, 1.82) is 0 Å². The second kappa shape index (κ2) is 4.79. The molecule has 0 spiro atoms. The predicted molar refractivity (Wildman–Crippen MR) is 70.2 cm³/mol. The normalized spacial score (nSPS) is 10.7.